The Morgan fingerprint density at radius 2 is 2.33 bits per heavy atom. The molecule has 0 bridgehead atoms. The molecular weight excluding hydrogens is 186 g/mol. The van der Waals surface area contributed by atoms with Crippen LogP contribution in [-0.2, 0) is 6.42 Å². The van der Waals surface area contributed by atoms with Crippen molar-refractivity contribution in [2.24, 2.45) is 0 Å². The summed E-state index contributed by atoms with van der Waals surface area (Å²) < 4.78 is 0. The third-order valence-corrected chi connectivity index (χ3v) is 2.19. The minimum atomic E-state index is 0.374. The zero-order valence-electron chi connectivity index (χ0n) is 8.49. The van der Waals surface area contributed by atoms with Crippen molar-refractivity contribution in [2.75, 3.05) is 0 Å². The summed E-state index contributed by atoms with van der Waals surface area (Å²) in [4.78, 5) is 7.36. The summed E-state index contributed by atoms with van der Waals surface area (Å²) in [7, 11) is 0. The molecule has 1 N–H and O–H groups in total. The van der Waals surface area contributed by atoms with Crippen LogP contribution in [0.2, 0.25) is 0 Å². The Morgan fingerprint density at radius 3 is 3.07 bits per heavy atom. The lowest BCUT2D eigenvalue weighted by Gasteiger charge is -1.97. The first kappa shape index (κ1) is 9.47. The van der Waals surface area contributed by atoms with Crippen molar-refractivity contribution in [2.45, 2.75) is 13.3 Å². The Labute approximate surface area is 88.4 Å². The largest absolute Gasteiger partial charge is 0.341 e. The fourth-order valence-corrected chi connectivity index (χ4v) is 1.47. The molecule has 0 amide bonds. The van der Waals surface area contributed by atoms with E-state index in [1.165, 1.54) is 5.56 Å². The number of rotatable bonds is 2. The maximum absolute atomic E-state index is 8.55. The molecule has 0 aliphatic heterocycles. The van der Waals surface area contributed by atoms with Crippen LogP contribution >= 0.6 is 0 Å². The first-order valence-corrected chi connectivity index (χ1v) is 4.77. The van der Waals surface area contributed by atoms with Gasteiger partial charge < -0.3 is 4.98 Å². The Kier molecular flexibility index (Phi) is 2.51. The number of H-pyrrole nitrogens is 1. The zero-order valence-corrected chi connectivity index (χ0v) is 8.49. The number of hydrogen-bond acceptors (Lipinski definition) is 2. The molecule has 2 rings (SSSR count). The fourth-order valence-electron chi connectivity index (χ4n) is 1.47. The van der Waals surface area contributed by atoms with Gasteiger partial charge in [-0.05, 0) is 13.0 Å². The van der Waals surface area contributed by atoms with Crippen molar-refractivity contribution in [1.29, 1.82) is 5.26 Å². The van der Waals surface area contributed by atoms with Crippen LogP contribution in [0.3, 0.4) is 0 Å². The van der Waals surface area contributed by atoms with Gasteiger partial charge in [-0.2, -0.15) is 5.26 Å². The zero-order chi connectivity index (χ0) is 10.7. The van der Waals surface area contributed by atoms with Gasteiger partial charge in [0.2, 0.25) is 0 Å². The maximum Gasteiger partial charge on any atom is 0.137 e. The van der Waals surface area contributed by atoms with Crippen LogP contribution in [0.4, 0.5) is 0 Å². The van der Waals surface area contributed by atoms with Crippen molar-refractivity contribution < 1.29 is 0 Å². The van der Waals surface area contributed by atoms with Crippen molar-refractivity contribution in [3.8, 4) is 17.5 Å². The van der Waals surface area contributed by atoms with Crippen LogP contribution < -0.4 is 0 Å². The molecule has 2 aromatic rings. The summed E-state index contributed by atoms with van der Waals surface area (Å²) in [5.41, 5.74) is 3.11. The van der Waals surface area contributed by atoms with E-state index in [0.717, 1.165) is 17.1 Å². The minimum absolute atomic E-state index is 0.374. The smallest absolute Gasteiger partial charge is 0.137 e. The third-order valence-electron chi connectivity index (χ3n) is 2.19. The summed E-state index contributed by atoms with van der Waals surface area (Å²) in [6.45, 7) is 2.04. The molecule has 0 spiro atoms. The summed E-state index contributed by atoms with van der Waals surface area (Å²) in [5, 5.41) is 8.55. The highest BCUT2D eigenvalue weighted by Gasteiger charge is 2.02. The number of nitriles is 1. The second-order valence-electron chi connectivity index (χ2n) is 3.46. The highest BCUT2D eigenvalue weighted by Crippen LogP contribution is 2.16. The number of nitrogens with zero attached hydrogens (tertiary/aromatic N) is 2. The van der Waals surface area contributed by atoms with Gasteiger partial charge in [-0.3, -0.25) is 0 Å². The second kappa shape index (κ2) is 3.97. The third kappa shape index (κ3) is 2.05. The highest BCUT2D eigenvalue weighted by atomic mass is 14.9. The van der Waals surface area contributed by atoms with Crippen molar-refractivity contribution >= 4 is 0 Å². The number of aromatic amines is 1. The quantitative estimate of drug-likeness (QED) is 0.803. The SMILES string of the molecule is Cc1cccc(-c2ncc(CC#N)[nH]2)c1. The van der Waals surface area contributed by atoms with Crippen LogP contribution in [0, 0.1) is 18.3 Å². The minimum Gasteiger partial charge on any atom is -0.341 e. The van der Waals surface area contributed by atoms with Crippen molar-refractivity contribution in [3.05, 3.63) is 41.7 Å². The van der Waals surface area contributed by atoms with E-state index in [-0.39, 0.29) is 0 Å². The molecule has 0 saturated heterocycles. The lowest BCUT2D eigenvalue weighted by molar-refractivity contribution is 1.16. The highest BCUT2D eigenvalue weighted by molar-refractivity contribution is 5.56. The molecule has 3 nitrogen and oxygen atoms in total. The number of aryl methyl sites for hydroxylation is 1. The topological polar surface area (TPSA) is 52.5 Å². The molecular formula is C12H11N3. The number of benzene rings is 1. The van der Waals surface area contributed by atoms with Crippen molar-refractivity contribution in [3.63, 3.8) is 0 Å². The van der Waals surface area contributed by atoms with Gasteiger partial charge in [-0.15, -0.1) is 0 Å². The molecule has 1 heterocycles. The average molecular weight is 197 g/mol. The number of imidazole rings is 1. The lowest BCUT2D eigenvalue weighted by atomic mass is 10.1. The predicted molar refractivity (Wildman–Crippen MR) is 58.1 cm³/mol. The van der Waals surface area contributed by atoms with Gasteiger partial charge in [0.25, 0.3) is 0 Å². The first-order chi connectivity index (χ1) is 7.29. The molecule has 15 heavy (non-hydrogen) atoms. The van der Waals surface area contributed by atoms with Gasteiger partial charge in [0, 0.05) is 17.5 Å². The molecule has 0 saturated carbocycles. The molecule has 74 valence electrons. The Bertz CT molecular complexity index is 506. The molecule has 0 aliphatic carbocycles. The molecule has 1 aromatic heterocycles. The number of aromatic nitrogens is 2. The van der Waals surface area contributed by atoms with Gasteiger partial charge in [0.1, 0.15) is 5.82 Å². The average Bonchev–Trinajstić information content (AvgIpc) is 2.67. The molecule has 3 heteroatoms. The molecule has 0 radical (unpaired) electrons. The lowest BCUT2D eigenvalue weighted by Crippen LogP contribution is -1.83. The Balaban J connectivity index is 2.34. The summed E-state index contributed by atoms with van der Waals surface area (Å²) in [5.74, 6) is 0.823. The van der Waals surface area contributed by atoms with Crippen LogP contribution in [-0.4, -0.2) is 9.97 Å². The van der Waals surface area contributed by atoms with E-state index >= 15 is 0 Å². The van der Waals surface area contributed by atoms with Gasteiger partial charge in [-0.1, -0.05) is 23.8 Å². The summed E-state index contributed by atoms with van der Waals surface area (Å²) >= 11 is 0. The van der Waals surface area contributed by atoms with E-state index in [9.17, 15) is 0 Å². The van der Waals surface area contributed by atoms with Gasteiger partial charge >= 0.3 is 0 Å². The molecule has 0 atom stereocenters. The first-order valence-electron chi connectivity index (χ1n) is 4.77. The van der Waals surface area contributed by atoms with E-state index in [0.29, 0.717) is 6.42 Å². The van der Waals surface area contributed by atoms with E-state index in [1.54, 1.807) is 6.20 Å². The number of nitrogens with one attached hydrogen (secondary N) is 1. The molecule has 0 fully saturated rings. The van der Waals surface area contributed by atoms with Gasteiger partial charge in [-0.25, -0.2) is 4.98 Å². The standard InChI is InChI=1S/C12H11N3/c1-9-3-2-4-10(7-9)12-14-8-11(15-12)5-6-13/h2-4,7-8H,5H2,1H3,(H,14,15). The second-order valence-corrected chi connectivity index (χ2v) is 3.46. The Hall–Kier alpha value is -2.08. The van der Waals surface area contributed by atoms with Crippen LogP contribution in [0.1, 0.15) is 11.3 Å². The van der Waals surface area contributed by atoms with E-state index in [1.807, 2.05) is 25.1 Å². The van der Waals surface area contributed by atoms with E-state index in [4.69, 9.17) is 5.26 Å². The Morgan fingerprint density at radius 1 is 1.47 bits per heavy atom. The van der Waals surface area contributed by atoms with Crippen LogP contribution in [0.15, 0.2) is 30.5 Å². The van der Waals surface area contributed by atoms with Gasteiger partial charge in [0.15, 0.2) is 0 Å². The van der Waals surface area contributed by atoms with Crippen molar-refractivity contribution in [1.82, 2.24) is 9.97 Å². The summed E-state index contributed by atoms with van der Waals surface area (Å²) in [6, 6.07) is 10.2. The van der Waals surface area contributed by atoms with Gasteiger partial charge in [0.05, 0.1) is 12.5 Å². The summed E-state index contributed by atoms with van der Waals surface area (Å²) in [6.07, 6.45) is 2.08. The normalized spacial score (nSPS) is 9.87. The number of hydrogen-bond donors (Lipinski definition) is 1. The molecule has 0 aliphatic rings. The maximum atomic E-state index is 8.55. The molecule has 0 unspecified atom stereocenters. The predicted octanol–water partition coefficient (Wildman–Crippen LogP) is 2.45. The monoisotopic (exact) mass is 197 g/mol. The van der Waals surface area contributed by atoms with E-state index < -0.39 is 0 Å². The van der Waals surface area contributed by atoms with Crippen LogP contribution in [0.25, 0.3) is 11.4 Å². The van der Waals surface area contributed by atoms with Crippen LogP contribution in [0.5, 0.6) is 0 Å². The van der Waals surface area contributed by atoms with E-state index in [2.05, 4.69) is 22.1 Å². The molecule has 1 aromatic carbocycles. The fraction of sp³-hybridized carbons (Fsp3) is 0.167.